The summed E-state index contributed by atoms with van der Waals surface area (Å²) in [6, 6.07) is 3.52. The third kappa shape index (κ3) is 3.37. The fourth-order valence-electron chi connectivity index (χ4n) is 1.82. The van der Waals surface area contributed by atoms with E-state index in [0.717, 1.165) is 5.69 Å². The van der Waals surface area contributed by atoms with Crippen LogP contribution in [0.15, 0.2) is 16.8 Å². The van der Waals surface area contributed by atoms with E-state index in [4.69, 9.17) is 5.73 Å². The van der Waals surface area contributed by atoms with E-state index in [1.165, 1.54) is 0 Å². The summed E-state index contributed by atoms with van der Waals surface area (Å²) in [7, 11) is 0. The third-order valence-electron chi connectivity index (χ3n) is 2.63. The lowest BCUT2D eigenvalue weighted by Crippen LogP contribution is -2.41. The molecule has 0 aliphatic rings. The highest BCUT2D eigenvalue weighted by Gasteiger charge is 2.14. The van der Waals surface area contributed by atoms with Gasteiger partial charge in [0.25, 0.3) is 0 Å². The topological polar surface area (TPSA) is 106 Å². The van der Waals surface area contributed by atoms with Gasteiger partial charge in [-0.25, -0.2) is 4.63 Å². The second-order valence-electron chi connectivity index (χ2n) is 5.64. The summed E-state index contributed by atoms with van der Waals surface area (Å²) in [6.07, 6.45) is 0.369. The third-order valence-corrected chi connectivity index (χ3v) is 2.63. The van der Waals surface area contributed by atoms with Gasteiger partial charge in [0, 0.05) is 18.5 Å². The number of amides is 1. The molecule has 0 saturated heterocycles. The van der Waals surface area contributed by atoms with Crippen molar-refractivity contribution < 1.29 is 9.42 Å². The van der Waals surface area contributed by atoms with Crippen molar-refractivity contribution in [2.75, 3.05) is 17.6 Å². The van der Waals surface area contributed by atoms with Gasteiger partial charge in [0.05, 0.1) is 11.4 Å². The highest BCUT2D eigenvalue weighted by Crippen LogP contribution is 2.24. The van der Waals surface area contributed by atoms with Gasteiger partial charge in [-0.3, -0.25) is 4.79 Å². The molecule has 2 rings (SSSR count). The van der Waals surface area contributed by atoms with E-state index in [1.807, 2.05) is 20.8 Å². The Morgan fingerprint density at radius 2 is 2.00 bits per heavy atom. The highest BCUT2D eigenvalue weighted by molar-refractivity contribution is 5.95. The SMILES string of the molecule is CC(C)(C)NC(=O)CCNc1ccc(N)c2nonc12. The molecule has 1 heterocycles. The van der Waals surface area contributed by atoms with Crippen LogP contribution in [0, 0.1) is 0 Å². The van der Waals surface area contributed by atoms with Crippen LogP contribution in [0.4, 0.5) is 11.4 Å². The molecule has 0 aliphatic carbocycles. The monoisotopic (exact) mass is 277 g/mol. The summed E-state index contributed by atoms with van der Waals surface area (Å²) in [4.78, 5) is 11.7. The standard InChI is InChI=1S/C13H19N5O2/c1-13(2,3)16-10(19)6-7-15-9-5-4-8(14)11-12(9)18-20-17-11/h4-5,15H,6-7,14H2,1-3H3,(H,16,19). The minimum Gasteiger partial charge on any atom is -0.397 e. The highest BCUT2D eigenvalue weighted by atomic mass is 16.6. The number of rotatable bonds is 4. The van der Waals surface area contributed by atoms with Gasteiger partial charge in [-0.05, 0) is 43.2 Å². The molecule has 4 N–H and O–H groups in total. The minimum absolute atomic E-state index is 0.00466. The molecule has 1 aromatic heterocycles. The zero-order chi connectivity index (χ0) is 14.8. The number of nitrogens with zero attached hydrogens (tertiary/aromatic N) is 2. The number of carbonyl (C=O) groups excluding carboxylic acids is 1. The molecule has 0 aliphatic heterocycles. The van der Waals surface area contributed by atoms with E-state index in [1.54, 1.807) is 12.1 Å². The van der Waals surface area contributed by atoms with Crippen LogP contribution in [0.5, 0.6) is 0 Å². The van der Waals surface area contributed by atoms with Gasteiger partial charge in [-0.1, -0.05) is 0 Å². The van der Waals surface area contributed by atoms with Gasteiger partial charge >= 0.3 is 0 Å². The Morgan fingerprint density at radius 3 is 2.70 bits per heavy atom. The number of fused-ring (bicyclic) bond motifs is 1. The molecule has 108 valence electrons. The Hall–Kier alpha value is -2.31. The second-order valence-corrected chi connectivity index (χ2v) is 5.64. The van der Waals surface area contributed by atoms with Gasteiger partial charge in [-0.2, -0.15) is 0 Å². The van der Waals surface area contributed by atoms with Gasteiger partial charge < -0.3 is 16.4 Å². The summed E-state index contributed by atoms with van der Waals surface area (Å²) in [5.41, 5.74) is 7.89. The fraction of sp³-hybridized carbons (Fsp3) is 0.462. The zero-order valence-corrected chi connectivity index (χ0v) is 11.9. The molecule has 0 fully saturated rings. The molecular formula is C13H19N5O2. The van der Waals surface area contributed by atoms with Crippen molar-refractivity contribution in [1.29, 1.82) is 0 Å². The van der Waals surface area contributed by atoms with E-state index in [-0.39, 0.29) is 11.4 Å². The van der Waals surface area contributed by atoms with Crippen LogP contribution in [-0.4, -0.2) is 28.3 Å². The predicted octanol–water partition coefficient (Wildman–Crippen LogP) is 1.52. The normalized spacial score (nSPS) is 11.6. The number of benzene rings is 1. The molecule has 0 unspecified atom stereocenters. The summed E-state index contributed by atoms with van der Waals surface area (Å²) >= 11 is 0. The molecule has 1 amide bonds. The van der Waals surface area contributed by atoms with E-state index in [2.05, 4.69) is 25.6 Å². The lowest BCUT2D eigenvalue weighted by Gasteiger charge is -2.20. The van der Waals surface area contributed by atoms with E-state index in [0.29, 0.717) is 29.7 Å². The van der Waals surface area contributed by atoms with Crippen molar-refractivity contribution in [3.63, 3.8) is 0 Å². The number of hydrogen-bond donors (Lipinski definition) is 3. The Labute approximate surface area is 116 Å². The number of hydrogen-bond acceptors (Lipinski definition) is 6. The molecule has 7 nitrogen and oxygen atoms in total. The molecule has 20 heavy (non-hydrogen) atoms. The van der Waals surface area contributed by atoms with Crippen LogP contribution in [0.3, 0.4) is 0 Å². The molecule has 7 heteroatoms. The summed E-state index contributed by atoms with van der Waals surface area (Å²) in [5, 5.41) is 13.6. The molecule has 0 spiro atoms. The maximum atomic E-state index is 11.7. The quantitative estimate of drug-likeness (QED) is 0.732. The fourth-order valence-corrected chi connectivity index (χ4v) is 1.82. The van der Waals surface area contributed by atoms with Crippen LogP contribution >= 0.6 is 0 Å². The average Bonchev–Trinajstić information content (AvgIpc) is 2.79. The van der Waals surface area contributed by atoms with Gasteiger partial charge in [-0.15, -0.1) is 0 Å². The van der Waals surface area contributed by atoms with Gasteiger partial charge in [0.1, 0.15) is 0 Å². The van der Waals surface area contributed by atoms with Gasteiger partial charge in [0.15, 0.2) is 11.0 Å². The summed E-state index contributed by atoms with van der Waals surface area (Å²) in [6.45, 7) is 6.34. The maximum absolute atomic E-state index is 11.7. The number of anilines is 2. The predicted molar refractivity (Wildman–Crippen MR) is 77.2 cm³/mol. The van der Waals surface area contributed by atoms with Crippen molar-refractivity contribution in [2.24, 2.45) is 0 Å². The molecule has 0 atom stereocenters. The Morgan fingerprint density at radius 1 is 1.30 bits per heavy atom. The lowest BCUT2D eigenvalue weighted by atomic mass is 10.1. The number of nitrogen functional groups attached to an aromatic ring is 1. The van der Waals surface area contributed by atoms with Gasteiger partial charge in [0.2, 0.25) is 5.91 Å². The number of aromatic nitrogens is 2. The van der Waals surface area contributed by atoms with Crippen molar-refractivity contribution in [2.45, 2.75) is 32.7 Å². The summed E-state index contributed by atoms with van der Waals surface area (Å²) < 4.78 is 4.68. The average molecular weight is 277 g/mol. The largest absolute Gasteiger partial charge is 0.397 e. The molecule has 0 radical (unpaired) electrons. The Kier molecular flexibility index (Phi) is 3.78. The minimum atomic E-state index is -0.221. The number of nitrogens with two attached hydrogens (primary N) is 1. The first-order valence-corrected chi connectivity index (χ1v) is 6.42. The van der Waals surface area contributed by atoms with Crippen LogP contribution < -0.4 is 16.4 Å². The Bertz CT molecular complexity index is 615. The first kappa shape index (κ1) is 14.1. The smallest absolute Gasteiger partial charge is 0.222 e. The molecule has 2 aromatic rings. The number of carbonyl (C=O) groups is 1. The second kappa shape index (κ2) is 5.36. The van der Waals surface area contributed by atoms with Crippen LogP contribution in [0.2, 0.25) is 0 Å². The van der Waals surface area contributed by atoms with E-state index >= 15 is 0 Å². The van der Waals surface area contributed by atoms with Crippen molar-refractivity contribution in [3.05, 3.63) is 12.1 Å². The molecule has 1 aromatic carbocycles. The molecule has 0 saturated carbocycles. The van der Waals surface area contributed by atoms with Crippen LogP contribution in [0.25, 0.3) is 11.0 Å². The van der Waals surface area contributed by atoms with E-state index in [9.17, 15) is 4.79 Å². The summed E-state index contributed by atoms with van der Waals surface area (Å²) in [5.74, 6) is -0.00466. The molecular weight excluding hydrogens is 258 g/mol. The lowest BCUT2D eigenvalue weighted by molar-refractivity contribution is -0.122. The van der Waals surface area contributed by atoms with Crippen molar-refractivity contribution in [1.82, 2.24) is 15.6 Å². The van der Waals surface area contributed by atoms with Crippen molar-refractivity contribution >= 4 is 28.3 Å². The maximum Gasteiger partial charge on any atom is 0.222 e. The van der Waals surface area contributed by atoms with Crippen LogP contribution in [0.1, 0.15) is 27.2 Å². The first-order valence-electron chi connectivity index (χ1n) is 6.42. The van der Waals surface area contributed by atoms with E-state index < -0.39 is 0 Å². The van der Waals surface area contributed by atoms with Crippen LogP contribution in [-0.2, 0) is 4.79 Å². The molecule has 0 bridgehead atoms. The Balaban J connectivity index is 1.95. The number of nitrogens with one attached hydrogen (secondary N) is 2. The van der Waals surface area contributed by atoms with Crippen molar-refractivity contribution in [3.8, 4) is 0 Å². The first-order chi connectivity index (χ1) is 9.37. The zero-order valence-electron chi connectivity index (χ0n) is 11.9.